The second-order valence-corrected chi connectivity index (χ2v) is 7.28. The van der Waals surface area contributed by atoms with E-state index in [9.17, 15) is 4.79 Å². The van der Waals surface area contributed by atoms with E-state index in [2.05, 4.69) is 20.4 Å². The number of carbonyl (C=O) groups is 1. The fourth-order valence-electron chi connectivity index (χ4n) is 2.41. The predicted octanol–water partition coefficient (Wildman–Crippen LogP) is 3.10. The van der Waals surface area contributed by atoms with Crippen molar-refractivity contribution in [1.82, 2.24) is 25.1 Å². The van der Waals surface area contributed by atoms with Crippen molar-refractivity contribution in [3.63, 3.8) is 0 Å². The Kier molecular flexibility index (Phi) is 6.01. The van der Waals surface area contributed by atoms with Crippen LogP contribution in [0, 0.1) is 5.92 Å². The molecule has 6 nitrogen and oxygen atoms in total. The van der Waals surface area contributed by atoms with Crippen molar-refractivity contribution < 1.29 is 4.79 Å². The molecule has 0 aliphatic heterocycles. The van der Waals surface area contributed by atoms with Gasteiger partial charge in [-0.1, -0.05) is 49.9 Å². The number of carbonyl (C=O) groups excluding carboxylic acids is 1. The normalized spacial score (nSPS) is 12.1. The minimum absolute atomic E-state index is 0.0232. The molecule has 0 aliphatic carbocycles. The van der Waals surface area contributed by atoms with Crippen molar-refractivity contribution >= 4 is 17.7 Å². The van der Waals surface area contributed by atoms with Crippen molar-refractivity contribution in [2.75, 3.05) is 0 Å². The molecule has 7 heteroatoms. The first-order valence-corrected chi connectivity index (χ1v) is 9.32. The summed E-state index contributed by atoms with van der Waals surface area (Å²) in [5.74, 6) is 0.127. The van der Waals surface area contributed by atoms with Crippen molar-refractivity contribution in [3.05, 3.63) is 66.7 Å². The van der Waals surface area contributed by atoms with Crippen LogP contribution < -0.4 is 5.32 Å². The number of benzene rings is 1. The molecule has 0 bridgehead atoms. The highest BCUT2D eigenvalue weighted by Crippen LogP contribution is 2.26. The molecule has 2 heterocycles. The lowest BCUT2D eigenvalue weighted by molar-refractivity contribution is -0.121. The largest absolute Gasteiger partial charge is 0.351 e. The van der Waals surface area contributed by atoms with Crippen LogP contribution in [0.5, 0.6) is 0 Å². The zero-order valence-electron chi connectivity index (χ0n) is 14.7. The number of hydrogen-bond acceptors (Lipinski definition) is 5. The van der Waals surface area contributed by atoms with E-state index in [0.29, 0.717) is 11.7 Å². The van der Waals surface area contributed by atoms with E-state index in [0.717, 1.165) is 11.3 Å². The standard InChI is InChI=1S/C19H21N5OS/c1-14(2)17(18(25)21-12-15-7-6-10-20-11-15)26-19-22-13-24(23-19)16-8-4-3-5-9-16/h3-11,13-14,17H,12H2,1-2H3,(H,21,25)/t17-/m1/s1. The summed E-state index contributed by atoms with van der Waals surface area (Å²) in [7, 11) is 0. The monoisotopic (exact) mass is 367 g/mol. The molecule has 1 amide bonds. The van der Waals surface area contributed by atoms with Crippen LogP contribution in [-0.4, -0.2) is 30.9 Å². The molecule has 2 aromatic heterocycles. The van der Waals surface area contributed by atoms with Gasteiger partial charge in [-0.15, -0.1) is 5.10 Å². The Morgan fingerprint density at radius 3 is 2.69 bits per heavy atom. The summed E-state index contributed by atoms with van der Waals surface area (Å²) in [6.07, 6.45) is 5.14. The van der Waals surface area contributed by atoms with Gasteiger partial charge < -0.3 is 5.32 Å². The van der Waals surface area contributed by atoms with Gasteiger partial charge in [0.05, 0.1) is 10.9 Å². The van der Waals surface area contributed by atoms with E-state index >= 15 is 0 Å². The number of aromatic nitrogens is 4. The van der Waals surface area contributed by atoms with Crippen LogP contribution in [-0.2, 0) is 11.3 Å². The highest BCUT2D eigenvalue weighted by molar-refractivity contribution is 8.00. The van der Waals surface area contributed by atoms with Gasteiger partial charge in [-0.3, -0.25) is 9.78 Å². The van der Waals surface area contributed by atoms with Gasteiger partial charge in [0.1, 0.15) is 6.33 Å². The number of nitrogens with zero attached hydrogens (tertiary/aromatic N) is 4. The lowest BCUT2D eigenvalue weighted by Crippen LogP contribution is -2.35. The molecule has 134 valence electrons. The van der Waals surface area contributed by atoms with Gasteiger partial charge in [-0.2, -0.15) is 0 Å². The zero-order valence-corrected chi connectivity index (χ0v) is 15.6. The Bertz CT molecular complexity index is 835. The highest BCUT2D eigenvalue weighted by Gasteiger charge is 2.25. The maximum atomic E-state index is 12.6. The second-order valence-electron chi connectivity index (χ2n) is 6.17. The molecule has 1 aromatic carbocycles. The smallest absolute Gasteiger partial charge is 0.234 e. The Balaban J connectivity index is 1.65. The summed E-state index contributed by atoms with van der Waals surface area (Å²) in [5.41, 5.74) is 1.91. The van der Waals surface area contributed by atoms with Crippen molar-refractivity contribution in [1.29, 1.82) is 0 Å². The zero-order chi connectivity index (χ0) is 18.4. The lowest BCUT2D eigenvalue weighted by atomic mass is 10.1. The Morgan fingerprint density at radius 1 is 1.19 bits per heavy atom. The SMILES string of the molecule is CC(C)[C@@H](Sc1ncn(-c2ccccc2)n1)C(=O)NCc1cccnc1. The fraction of sp³-hybridized carbons (Fsp3) is 0.263. The van der Waals surface area contributed by atoms with Crippen LogP contribution in [0.25, 0.3) is 5.69 Å². The molecular weight excluding hydrogens is 346 g/mol. The molecule has 0 saturated heterocycles. The summed E-state index contributed by atoms with van der Waals surface area (Å²) >= 11 is 1.38. The summed E-state index contributed by atoms with van der Waals surface area (Å²) in [4.78, 5) is 21.0. The van der Waals surface area contributed by atoms with E-state index in [4.69, 9.17) is 0 Å². The average molecular weight is 367 g/mol. The van der Waals surface area contributed by atoms with E-state index in [1.165, 1.54) is 11.8 Å². The maximum absolute atomic E-state index is 12.6. The minimum Gasteiger partial charge on any atom is -0.351 e. The molecule has 3 aromatic rings. The van der Waals surface area contributed by atoms with E-state index in [1.54, 1.807) is 23.4 Å². The Labute approximate surface area is 157 Å². The number of amides is 1. The highest BCUT2D eigenvalue weighted by atomic mass is 32.2. The first kappa shape index (κ1) is 18.1. The van der Waals surface area contributed by atoms with E-state index in [1.807, 2.05) is 56.3 Å². The van der Waals surface area contributed by atoms with Crippen molar-refractivity contribution in [2.24, 2.45) is 5.92 Å². The molecule has 1 N–H and O–H groups in total. The first-order valence-electron chi connectivity index (χ1n) is 8.44. The van der Waals surface area contributed by atoms with Crippen LogP contribution in [0.4, 0.5) is 0 Å². The number of nitrogens with one attached hydrogen (secondary N) is 1. The first-order chi connectivity index (χ1) is 12.6. The maximum Gasteiger partial charge on any atom is 0.234 e. The molecule has 0 spiro atoms. The fourth-order valence-corrected chi connectivity index (χ4v) is 3.34. The predicted molar refractivity (Wildman–Crippen MR) is 102 cm³/mol. The van der Waals surface area contributed by atoms with Gasteiger partial charge >= 0.3 is 0 Å². The average Bonchev–Trinajstić information content (AvgIpc) is 3.14. The Hall–Kier alpha value is -2.67. The molecule has 0 unspecified atom stereocenters. The third kappa shape index (κ3) is 4.70. The van der Waals surface area contributed by atoms with Crippen LogP contribution in [0.3, 0.4) is 0 Å². The molecule has 0 fully saturated rings. The van der Waals surface area contributed by atoms with Crippen LogP contribution in [0.2, 0.25) is 0 Å². The van der Waals surface area contributed by atoms with Crippen molar-refractivity contribution in [2.45, 2.75) is 30.8 Å². The molecule has 3 rings (SSSR count). The van der Waals surface area contributed by atoms with Crippen LogP contribution in [0.15, 0.2) is 66.3 Å². The number of rotatable bonds is 7. The van der Waals surface area contributed by atoms with Crippen LogP contribution in [0.1, 0.15) is 19.4 Å². The number of para-hydroxylation sites is 1. The van der Waals surface area contributed by atoms with Gasteiger partial charge in [-0.05, 0) is 29.7 Å². The summed E-state index contributed by atoms with van der Waals surface area (Å²) in [5, 5.41) is 7.78. The molecule has 0 radical (unpaired) electrons. The lowest BCUT2D eigenvalue weighted by Gasteiger charge is -2.18. The topological polar surface area (TPSA) is 72.7 Å². The minimum atomic E-state index is -0.265. The van der Waals surface area contributed by atoms with E-state index in [-0.39, 0.29) is 17.1 Å². The molecule has 0 saturated carbocycles. The third-order valence-corrected chi connectivity index (χ3v) is 5.19. The third-order valence-electron chi connectivity index (χ3n) is 3.78. The second kappa shape index (κ2) is 8.62. The van der Waals surface area contributed by atoms with Gasteiger partial charge in [0.15, 0.2) is 0 Å². The molecule has 1 atom stereocenters. The molecule has 26 heavy (non-hydrogen) atoms. The Morgan fingerprint density at radius 2 is 2.00 bits per heavy atom. The van der Waals surface area contributed by atoms with Gasteiger partial charge in [0.2, 0.25) is 11.1 Å². The number of thioether (sulfide) groups is 1. The number of hydrogen-bond donors (Lipinski definition) is 1. The van der Waals surface area contributed by atoms with Gasteiger partial charge in [0, 0.05) is 18.9 Å². The van der Waals surface area contributed by atoms with Crippen LogP contribution >= 0.6 is 11.8 Å². The van der Waals surface area contributed by atoms with Crippen molar-refractivity contribution in [3.8, 4) is 5.69 Å². The molecule has 0 aliphatic rings. The quantitative estimate of drug-likeness (QED) is 0.650. The number of pyridine rings is 1. The summed E-state index contributed by atoms with van der Waals surface area (Å²) < 4.78 is 1.72. The summed E-state index contributed by atoms with van der Waals surface area (Å²) in [6, 6.07) is 13.6. The van der Waals surface area contributed by atoms with Gasteiger partial charge in [-0.25, -0.2) is 9.67 Å². The van der Waals surface area contributed by atoms with Gasteiger partial charge in [0.25, 0.3) is 0 Å². The van der Waals surface area contributed by atoms with E-state index < -0.39 is 0 Å². The molecular formula is C19H21N5OS. The summed E-state index contributed by atoms with van der Waals surface area (Å²) in [6.45, 7) is 4.51.